The summed E-state index contributed by atoms with van der Waals surface area (Å²) in [7, 11) is -0.454. The Hall–Kier alpha value is -1.45. The van der Waals surface area contributed by atoms with Gasteiger partial charge in [0.15, 0.2) is 14.4 Å². The normalized spacial score (nSPS) is 16.3. The molecule has 31 heavy (non-hydrogen) atoms. The van der Waals surface area contributed by atoms with Crippen molar-refractivity contribution in [3.05, 3.63) is 29.8 Å². The number of esters is 1. The molecule has 1 aromatic rings. The topological polar surface area (TPSA) is 94.5 Å². The van der Waals surface area contributed by atoms with Gasteiger partial charge in [-0.3, -0.25) is 0 Å². The number of hydrogen-bond donors (Lipinski definition) is 2. The van der Waals surface area contributed by atoms with Gasteiger partial charge in [0.2, 0.25) is 0 Å². The Morgan fingerprint density at radius 1 is 1.13 bits per heavy atom. The van der Waals surface area contributed by atoms with Crippen LogP contribution in [-0.4, -0.2) is 63.1 Å². The summed E-state index contributed by atoms with van der Waals surface area (Å²) < 4.78 is 22.5. The molecule has 0 saturated heterocycles. The van der Waals surface area contributed by atoms with Gasteiger partial charge in [-0.2, -0.15) is 0 Å². The monoisotopic (exact) mass is 456 g/mol. The number of hydrogen-bond acceptors (Lipinski definition) is 7. The molecule has 0 unspecified atom stereocenters. The molecule has 1 aromatic carbocycles. The lowest BCUT2D eigenvalue weighted by molar-refractivity contribution is -0.165. The van der Waals surface area contributed by atoms with E-state index in [1.54, 1.807) is 21.0 Å². The first-order valence-electron chi connectivity index (χ1n) is 10.7. The molecule has 0 amide bonds. The van der Waals surface area contributed by atoms with Gasteiger partial charge in [0.1, 0.15) is 5.75 Å². The van der Waals surface area contributed by atoms with Crippen molar-refractivity contribution in [2.45, 2.75) is 77.7 Å². The van der Waals surface area contributed by atoms with Crippen LogP contribution in [0.3, 0.4) is 0 Å². The molecule has 0 aliphatic heterocycles. The van der Waals surface area contributed by atoms with Crippen LogP contribution in [0.4, 0.5) is 0 Å². The van der Waals surface area contributed by atoms with Crippen molar-refractivity contribution in [3.63, 3.8) is 0 Å². The molecule has 0 fully saturated rings. The molecular weight excluding hydrogens is 416 g/mol. The van der Waals surface area contributed by atoms with Crippen LogP contribution in [0, 0.1) is 5.92 Å². The van der Waals surface area contributed by atoms with Gasteiger partial charge >= 0.3 is 5.97 Å². The van der Waals surface area contributed by atoms with Crippen molar-refractivity contribution >= 4 is 14.3 Å². The summed E-state index contributed by atoms with van der Waals surface area (Å²) in [5.41, 5.74) is 0.936. The zero-order valence-electron chi connectivity index (χ0n) is 20.2. The number of carbonyl (C=O) groups is 1. The number of carbonyl (C=O) groups excluding carboxylic acids is 1. The molecule has 7 nitrogen and oxygen atoms in total. The van der Waals surface area contributed by atoms with E-state index in [9.17, 15) is 15.0 Å². The fraction of sp³-hybridized carbons (Fsp3) is 0.696. The number of aliphatic hydroxyl groups excluding tert-OH is 2. The van der Waals surface area contributed by atoms with Crippen LogP contribution in [-0.2, 0) is 25.3 Å². The summed E-state index contributed by atoms with van der Waals surface area (Å²) in [6, 6.07) is 7.50. The van der Waals surface area contributed by atoms with Crippen LogP contribution < -0.4 is 4.74 Å². The highest BCUT2D eigenvalue weighted by Gasteiger charge is 2.40. The molecule has 0 heterocycles. The molecule has 178 valence electrons. The summed E-state index contributed by atoms with van der Waals surface area (Å²) in [5.74, 6) is -0.661. The number of benzene rings is 1. The highest BCUT2D eigenvalue weighted by Crippen LogP contribution is 2.37. The van der Waals surface area contributed by atoms with Crippen molar-refractivity contribution in [2.75, 3.05) is 20.3 Å². The Bertz CT molecular complexity index is 669. The van der Waals surface area contributed by atoms with E-state index >= 15 is 0 Å². The Kier molecular flexibility index (Phi) is 10.6. The number of methoxy groups -OCH3 is 1. The van der Waals surface area contributed by atoms with E-state index < -0.39 is 38.5 Å². The Labute approximate surface area is 187 Å². The summed E-state index contributed by atoms with van der Waals surface area (Å²) in [6.45, 7) is 14.8. The molecular formula is C23H40O7Si. The van der Waals surface area contributed by atoms with Crippen LogP contribution in [0.15, 0.2) is 24.3 Å². The lowest BCUT2D eigenvalue weighted by Crippen LogP contribution is -2.48. The molecule has 0 bridgehead atoms. The van der Waals surface area contributed by atoms with E-state index in [1.165, 1.54) is 0 Å². The lowest BCUT2D eigenvalue weighted by atomic mass is 9.94. The van der Waals surface area contributed by atoms with Gasteiger partial charge in [0, 0.05) is 5.92 Å². The SMILES string of the molecule is CCOC(=O)[C@@H](O)[C@H](O)[C@@H](C)[C@H](CO[Si](C)(C)C(C)(C)C)OCc1ccc(OC)cc1. The summed E-state index contributed by atoms with van der Waals surface area (Å²) in [6.07, 6.45) is -3.52. The van der Waals surface area contributed by atoms with Crippen molar-refractivity contribution < 1.29 is 33.6 Å². The third kappa shape index (κ3) is 8.20. The van der Waals surface area contributed by atoms with Crippen LogP contribution in [0.1, 0.15) is 40.2 Å². The molecule has 0 radical (unpaired) electrons. The molecule has 1 rings (SSSR count). The van der Waals surface area contributed by atoms with Gasteiger partial charge in [-0.05, 0) is 42.8 Å². The maximum absolute atomic E-state index is 11.9. The highest BCUT2D eigenvalue weighted by molar-refractivity contribution is 6.74. The summed E-state index contributed by atoms with van der Waals surface area (Å²) in [4.78, 5) is 11.9. The Balaban J connectivity index is 2.95. The molecule has 0 aromatic heterocycles. The third-order valence-electron chi connectivity index (χ3n) is 6.01. The summed E-state index contributed by atoms with van der Waals surface area (Å²) >= 11 is 0. The van der Waals surface area contributed by atoms with Crippen LogP contribution >= 0.6 is 0 Å². The average Bonchev–Trinajstić information content (AvgIpc) is 2.71. The molecule has 0 aliphatic carbocycles. The molecule has 4 atom stereocenters. The largest absolute Gasteiger partial charge is 0.497 e. The van der Waals surface area contributed by atoms with Crippen molar-refractivity contribution in [3.8, 4) is 5.75 Å². The first kappa shape index (κ1) is 27.6. The van der Waals surface area contributed by atoms with E-state index in [4.69, 9.17) is 18.6 Å². The minimum absolute atomic E-state index is 0.0137. The number of aliphatic hydroxyl groups is 2. The second-order valence-electron chi connectivity index (χ2n) is 9.32. The minimum Gasteiger partial charge on any atom is -0.497 e. The highest BCUT2D eigenvalue weighted by atomic mass is 28.4. The van der Waals surface area contributed by atoms with Gasteiger partial charge in [0.05, 0.1) is 39.1 Å². The first-order chi connectivity index (χ1) is 14.3. The predicted octanol–water partition coefficient (Wildman–Crippen LogP) is 3.52. The zero-order valence-corrected chi connectivity index (χ0v) is 21.2. The molecule has 2 N–H and O–H groups in total. The molecule has 0 saturated carbocycles. The van der Waals surface area contributed by atoms with Gasteiger partial charge in [0.25, 0.3) is 0 Å². The second kappa shape index (κ2) is 12.0. The van der Waals surface area contributed by atoms with Crippen LogP contribution in [0.25, 0.3) is 0 Å². The maximum Gasteiger partial charge on any atom is 0.337 e. The fourth-order valence-electron chi connectivity index (χ4n) is 2.66. The predicted molar refractivity (Wildman–Crippen MR) is 123 cm³/mol. The van der Waals surface area contributed by atoms with E-state index in [0.29, 0.717) is 6.61 Å². The van der Waals surface area contributed by atoms with Crippen molar-refractivity contribution in [1.82, 2.24) is 0 Å². The van der Waals surface area contributed by atoms with Gasteiger partial charge in [-0.25, -0.2) is 4.79 Å². The molecule has 8 heteroatoms. The third-order valence-corrected chi connectivity index (χ3v) is 10.5. The van der Waals surface area contributed by atoms with Gasteiger partial charge in [-0.15, -0.1) is 0 Å². The van der Waals surface area contributed by atoms with E-state index in [-0.39, 0.29) is 18.3 Å². The standard InChI is InChI=1S/C23H40O7Si/c1-9-28-22(26)21(25)20(24)16(2)19(15-30-31(7,8)23(3,4)5)29-14-17-10-12-18(27-6)13-11-17/h10-13,16,19-21,24-25H,9,14-15H2,1-8H3/t16-,19-,20+,21-/m0/s1. The van der Waals surface area contributed by atoms with E-state index in [0.717, 1.165) is 11.3 Å². The number of ether oxygens (including phenoxy) is 3. The lowest BCUT2D eigenvalue weighted by Gasteiger charge is -2.38. The van der Waals surface area contributed by atoms with Gasteiger partial charge in [-0.1, -0.05) is 39.8 Å². The van der Waals surface area contributed by atoms with Gasteiger partial charge < -0.3 is 28.8 Å². The average molecular weight is 457 g/mol. The smallest absolute Gasteiger partial charge is 0.337 e. The van der Waals surface area contributed by atoms with E-state index in [2.05, 4.69) is 33.9 Å². The van der Waals surface area contributed by atoms with Crippen molar-refractivity contribution in [2.24, 2.45) is 5.92 Å². The molecule has 0 spiro atoms. The van der Waals surface area contributed by atoms with Crippen molar-refractivity contribution in [1.29, 1.82) is 0 Å². The second-order valence-corrected chi connectivity index (χ2v) is 14.1. The minimum atomic E-state index is -2.06. The van der Waals surface area contributed by atoms with Crippen LogP contribution in [0.5, 0.6) is 5.75 Å². The van der Waals surface area contributed by atoms with Crippen LogP contribution in [0.2, 0.25) is 18.1 Å². The Morgan fingerprint density at radius 3 is 2.19 bits per heavy atom. The summed E-state index contributed by atoms with van der Waals surface area (Å²) in [5, 5.41) is 20.8. The number of rotatable bonds is 12. The Morgan fingerprint density at radius 2 is 1.71 bits per heavy atom. The molecule has 0 aliphatic rings. The first-order valence-corrected chi connectivity index (χ1v) is 13.7. The maximum atomic E-state index is 11.9. The fourth-order valence-corrected chi connectivity index (χ4v) is 3.67. The van der Waals surface area contributed by atoms with E-state index in [1.807, 2.05) is 24.3 Å². The quantitative estimate of drug-likeness (QED) is 0.367. The zero-order chi connectivity index (χ0) is 23.8.